The van der Waals surface area contributed by atoms with E-state index in [1.54, 1.807) is 4.90 Å². The van der Waals surface area contributed by atoms with E-state index in [4.69, 9.17) is 9.47 Å². The minimum atomic E-state index is -0.284. The first-order valence-corrected chi connectivity index (χ1v) is 9.82. The summed E-state index contributed by atoms with van der Waals surface area (Å²) in [5.74, 6) is 0.804. The molecule has 0 radical (unpaired) electrons. The molecule has 2 aromatic rings. The Morgan fingerprint density at radius 3 is 2.67 bits per heavy atom. The standard InChI is InChI=1S/C22H24N2O3/c25-22-24(12-13-26-22)17-7-5-8-18(15-17)27-21-19-9-2-1-6-16(19)14-20(21)23-10-3-4-11-23/h1-2,5-9,15,20-21H,3-4,10-14H2/t20-,21-/m0/s1. The molecule has 3 aliphatic rings. The van der Waals surface area contributed by atoms with Crippen molar-refractivity contribution in [1.29, 1.82) is 0 Å². The molecule has 2 aliphatic heterocycles. The Balaban J connectivity index is 1.43. The number of anilines is 1. The maximum absolute atomic E-state index is 11.9. The molecule has 0 unspecified atom stereocenters. The van der Waals surface area contributed by atoms with Crippen molar-refractivity contribution in [2.75, 3.05) is 31.1 Å². The van der Waals surface area contributed by atoms with E-state index >= 15 is 0 Å². The van der Waals surface area contributed by atoms with Gasteiger partial charge in [0, 0.05) is 6.07 Å². The van der Waals surface area contributed by atoms with Gasteiger partial charge in [-0.05, 0) is 55.6 Å². The smallest absolute Gasteiger partial charge is 0.414 e. The number of ether oxygens (including phenoxy) is 2. The Morgan fingerprint density at radius 1 is 1.00 bits per heavy atom. The molecule has 2 saturated heterocycles. The van der Waals surface area contributed by atoms with Crippen molar-refractivity contribution in [3.05, 3.63) is 59.7 Å². The van der Waals surface area contributed by atoms with E-state index in [0.29, 0.717) is 19.2 Å². The molecule has 5 heteroatoms. The molecule has 0 N–H and O–H groups in total. The predicted octanol–water partition coefficient (Wildman–Crippen LogP) is 3.78. The number of carbonyl (C=O) groups is 1. The minimum absolute atomic E-state index is 0.0279. The Labute approximate surface area is 159 Å². The Hall–Kier alpha value is -2.53. The molecule has 2 heterocycles. The molecule has 2 atom stereocenters. The van der Waals surface area contributed by atoms with Gasteiger partial charge < -0.3 is 9.47 Å². The van der Waals surface area contributed by atoms with Crippen molar-refractivity contribution in [1.82, 2.24) is 4.90 Å². The second-order valence-electron chi connectivity index (χ2n) is 7.52. The predicted molar refractivity (Wildman–Crippen MR) is 103 cm³/mol. The summed E-state index contributed by atoms with van der Waals surface area (Å²) in [5.41, 5.74) is 3.51. The molecule has 1 aliphatic carbocycles. The number of carbonyl (C=O) groups excluding carboxylic acids is 1. The number of likely N-dealkylation sites (tertiary alicyclic amines) is 1. The van der Waals surface area contributed by atoms with E-state index in [-0.39, 0.29) is 12.2 Å². The number of rotatable bonds is 4. The molecule has 5 nitrogen and oxygen atoms in total. The summed E-state index contributed by atoms with van der Waals surface area (Å²) in [7, 11) is 0. The van der Waals surface area contributed by atoms with Crippen molar-refractivity contribution < 1.29 is 14.3 Å². The fourth-order valence-electron chi connectivity index (χ4n) is 4.57. The third-order valence-corrected chi connectivity index (χ3v) is 5.90. The number of benzene rings is 2. The van der Waals surface area contributed by atoms with Crippen LogP contribution in [0.4, 0.5) is 10.5 Å². The van der Waals surface area contributed by atoms with Crippen LogP contribution in [0, 0.1) is 0 Å². The summed E-state index contributed by atoms with van der Waals surface area (Å²) in [6.45, 7) is 3.33. The maximum Gasteiger partial charge on any atom is 0.414 e. The zero-order valence-corrected chi connectivity index (χ0v) is 15.3. The number of hydrogen-bond donors (Lipinski definition) is 0. The number of nitrogens with zero attached hydrogens (tertiary/aromatic N) is 2. The van der Waals surface area contributed by atoms with Crippen LogP contribution in [0.25, 0.3) is 0 Å². The lowest BCUT2D eigenvalue weighted by atomic mass is 10.1. The maximum atomic E-state index is 11.9. The molecule has 2 fully saturated rings. The van der Waals surface area contributed by atoms with E-state index in [1.807, 2.05) is 24.3 Å². The van der Waals surface area contributed by atoms with Gasteiger partial charge in [0.2, 0.25) is 0 Å². The summed E-state index contributed by atoms with van der Waals surface area (Å²) in [4.78, 5) is 16.1. The van der Waals surface area contributed by atoms with Crippen LogP contribution in [-0.2, 0) is 11.2 Å². The lowest BCUT2D eigenvalue weighted by molar-refractivity contribution is 0.0941. The zero-order chi connectivity index (χ0) is 18.2. The van der Waals surface area contributed by atoms with Gasteiger partial charge in [0.15, 0.2) is 0 Å². The third-order valence-electron chi connectivity index (χ3n) is 5.90. The summed E-state index contributed by atoms with van der Waals surface area (Å²) >= 11 is 0. The molecule has 0 aromatic heterocycles. The van der Waals surface area contributed by atoms with Crippen molar-refractivity contribution in [3.63, 3.8) is 0 Å². The third kappa shape index (κ3) is 3.06. The average molecular weight is 364 g/mol. The normalized spacial score (nSPS) is 24.9. The zero-order valence-electron chi connectivity index (χ0n) is 15.3. The summed E-state index contributed by atoms with van der Waals surface area (Å²) in [6, 6.07) is 16.8. The highest BCUT2D eigenvalue weighted by Crippen LogP contribution is 2.39. The molecule has 1 amide bonds. The fourth-order valence-corrected chi connectivity index (χ4v) is 4.57. The monoisotopic (exact) mass is 364 g/mol. The van der Waals surface area contributed by atoms with Gasteiger partial charge >= 0.3 is 6.09 Å². The molecular weight excluding hydrogens is 340 g/mol. The van der Waals surface area contributed by atoms with Crippen LogP contribution < -0.4 is 9.64 Å². The van der Waals surface area contributed by atoms with Crippen LogP contribution in [0.2, 0.25) is 0 Å². The molecule has 0 bridgehead atoms. The van der Waals surface area contributed by atoms with Crippen molar-refractivity contribution >= 4 is 11.8 Å². The number of amides is 1. The van der Waals surface area contributed by atoms with Crippen LogP contribution in [0.5, 0.6) is 5.75 Å². The van der Waals surface area contributed by atoms with E-state index < -0.39 is 0 Å². The summed E-state index contributed by atoms with van der Waals surface area (Å²) < 4.78 is 11.6. The molecule has 0 spiro atoms. The highest BCUT2D eigenvalue weighted by molar-refractivity contribution is 5.89. The number of fused-ring (bicyclic) bond motifs is 1. The molecule has 140 valence electrons. The molecule has 27 heavy (non-hydrogen) atoms. The highest BCUT2D eigenvalue weighted by Gasteiger charge is 2.38. The van der Waals surface area contributed by atoms with Gasteiger partial charge in [-0.2, -0.15) is 0 Å². The van der Waals surface area contributed by atoms with Gasteiger partial charge in [0.25, 0.3) is 0 Å². The van der Waals surface area contributed by atoms with Gasteiger partial charge in [0.05, 0.1) is 18.3 Å². The lowest BCUT2D eigenvalue weighted by Gasteiger charge is -2.30. The Bertz CT molecular complexity index is 847. The van der Waals surface area contributed by atoms with Crippen molar-refractivity contribution in [3.8, 4) is 5.75 Å². The van der Waals surface area contributed by atoms with Gasteiger partial charge in [-0.3, -0.25) is 9.80 Å². The molecule has 2 aromatic carbocycles. The van der Waals surface area contributed by atoms with Crippen LogP contribution in [0.15, 0.2) is 48.5 Å². The first-order chi connectivity index (χ1) is 13.3. The van der Waals surface area contributed by atoms with Crippen LogP contribution in [0.3, 0.4) is 0 Å². The fraction of sp³-hybridized carbons (Fsp3) is 0.409. The van der Waals surface area contributed by atoms with Gasteiger partial charge in [-0.1, -0.05) is 30.3 Å². The first-order valence-electron chi connectivity index (χ1n) is 9.82. The van der Waals surface area contributed by atoms with Gasteiger partial charge in [-0.25, -0.2) is 4.79 Å². The summed E-state index contributed by atoms with van der Waals surface area (Å²) in [6.07, 6.45) is 3.32. The largest absolute Gasteiger partial charge is 0.484 e. The van der Waals surface area contributed by atoms with E-state index in [1.165, 1.54) is 24.0 Å². The SMILES string of the molecule is O=C1OCCN1c1cccc(O[C@H]2c3ccccc3C[C@@H]2N2CCCC2)c1. The molecule has 0 saturated carbocycles. The second-order valence-corrected chi connectivity index (χ2v) is 7.52. The molecular formula is C22H24N2O3. The van der Waals surface area contributed by atoms with Crippen molar-refractivity contribution in [2.24, 2.45) is 0 Å². The van der Waals surface area contributed by atoms with E-state index in [0.717, 1.165) is 30.9 Å². The van der Waals surface area contributed by atoms with Gasteiger partial charge in [-0.15, -0.1) is 0 Å². The minimum Gasteiger partial charge on any atom is -0.484 e. The van der Waals surface area contributed by atoms with Crippen LogP contribution in [-0.4, -0.2) is 43.3 Å². The number of hydrogen-bond acceptors (Lipinski definition) is 4. The average Bonchev–Trinajstić information content (AvgIpc) is 3.42. The van der Waals surface area contributed by atoms with Crippen LogP contribution >= 0.6 is 0 Å². The topological polar surface area (TPSA) is 42.0 Å². The van der Waals surface area contributed by atoms with Crippen molar-refractivity contribution in [2.45, 2.75) is 31.4 Å². The lowest BCUT2D eigenvalue weighted by Crippen LogP contribution is -2.38. The van der Waals surface area contributed by atoms with E-state index in [9.17, 15) is 4.79 Å². The second kappa shape index (κ2) is 6.89. The molecule has 5 rings (SSSR count). The van der Waals surface area contributed by atoms with Gasteiger partial charge in [0.1, 0.15) is 18.5 Å². The summed E-state index contributed by atoms with van der Waals surface area (Å²) in [5, 5.41) is 0. The van der Waals surface area contributed by atoms with E-state index in [2.05, 4.69) is 29.2 Å². The Morgan fingerprint density at radius 2 is 1.85 bits per heavy atom. The highest BCUT2D eigenvalue weighted by atomic mass is 16.6. The number of cyclic esters (lactones) is 1. The Kier molecular flexibility index (Phi) is 4.24. The first kappa shape index (κ1) is 16.6. The van der Waals surface area contributed by atoms with Crippen LogP contribution in [0.1, 0.15) is 30.1 Å². The quantitative estimate of drug-likeness (QED) is 0.828.